The molecule has 0 fully saturated rings. The van der Waals surface area contributed by atoms with Crippen LogP contribution in [-0.4, -0.2) is 13.7 Å². The largest absolute Gasteiger partial charge is 0.496 e. The molecule has 0 N–H and O–H groups in total. The molecule has 0 amide bonds. The first-order valence-corrected chi connectivity index (χ1v) is 11.2. The van der Waals surface area contributed by atoms with Crippen molar-refractivity contribution >= 4 is 90.4 Å². The van der Waals surface area contributed by atoms with Crippen molar-refractivity contribution in [1.82, 2.24) is 0 Å². The minimum absolute atomic E-state index is 0.731. The topological polar surface area (TPSA) is 18.5 Å². The molecule has 6 heteroatoms. The van der Waals surface area contributed by atoms with E-state index in [9.17, 15) is 0 Å². The SMILES string of the molecule is CCOc1cc(I)c(C)cc1I.COc1cc(I)c(C)cc1I. The molecule has 2 aromatic carbocycles. The fourth-order valence-corrected chi connectivity index (χ4v) is 4.18. The lowest BCUT2D eigenvalue weighted by atomic mass is 10.2. The van der Waals surface area contributed by atoms with Crippen LogP contribution in [0.1, 0.15) is 18.1 Å². The molecule has 0 aromatic heterocycles. The molecule has 0 bridgehead atoms. The zero-order valence-electron chi connectivity index (χ0n) is 13.3. The average molecular weight is 762 g/mol. The van der Waals surface area contributed by atoms with E-state index in [1.165, 1.54) is 25.4 Å². The first kappa shape index (κ1) is 22.0. The second kappa shape index (κ2) is 10.8. The van der Waals surface area contributed by atoms with Crippen LogP contribution in [0.5, 0.6) is 11.5 Å². The Balaban J connectivity index is 0.000000231. The van der Waals surface area contributed by atoms with E-state index in [2.05, 4.69) is 128 Å². The summed E-state index contributed by atoms with van der Waals surface area (Å²) in [5.41, 5.74) is 2.61. The van der Waals surface area contributed by atoms with Crippen LogP contribution < -0.4 is 9.47 Å². The third-order valence-corrected chi connectivity index (χ3v) is 6.96. The maximum atomic E-state index is 5.46. The van der Waals surface area contributed by atoms with Crippen molar-refractivity contribution in [3.8, 4) is 11.5 Å². The van der Waals surface area contributed by atoms with Crippen molar-refractivity contribution in [1.29, 1.82) is 0 Å². The first-order chi connectivity index (χ1) is 10.8. The van der Waals surface area contributed by atoms with E-state index in [0.717, 1.165) is 18.1 Å². The fraction of sp³-hybridized carbons (Fsp3) is 0.294. The van der Waals surface area contributed by atoms with E-state index in [4.69, 9.17) is 9.47 Å². The summed E-state index contributed by atoms with van der Waals surface area (Å²) < 4.78 is 15.5. The van der Waals surface area contributed by atoms with Crippen LogP contribution in [0, 0.1) is 28.1 Å². The highest BCUT2D eigenvalue weighted by Gasteiger charge is 2.03. The van der Waals surface area contributed by atoms with Crippen LogP contribution in [0.3, 0.4) is 0 Å². The molecule has 0 saturated heterocycles. The van der Waals surface area contributed by atoms with Crippen molar-refractivity contribution in [2.45, 2.75) is 20.8 Å². The second-order valence-electron chi connectivity index (χ2n) is 4.70. The fourth-order valence-electron chi connectivity index (χ4n) is 1.68. The Labute approximate surface area is 193 Å². The molecule has 0 atom stereocenters. The minimum Gasteiger partial charge on any atom is -0.496 e. The molecule has 0 spiro atoms. The zero-order valence-corrected chi connectivity index (χ0v) is 22.0. The van der Waals surface area contributed by atoms with Gasteiger partial charge in [0.05, 0.1) is 20.9 Å². The molecule has 0 aliphatic rings. The van der Waals surface area contributed by atoms with Gasteiger partial charge in [-0.1, -0.05) is 0 Å². The molecule has 0 aliphatic carbocycles. The maximum absolute atomic E-state index is 5.46. The first-order valence-electron chi connectivity index (χ1n) is 6.88. The van der Waals surface area contributed by atoms with Crippen LogP contribution >= 0.6 is 90.4 Å². The van der Waals surface area contributed by atoms with Gasteiger partial charge in [-0.2, -0.15) is 0 Å². The van der Waals surface area contributed by atoms with Crippen LogP contribution in [0.4, 0.5) is 0 Å². The Morgan fingerprint density at radius 1 is 0.739 bits per heavy atom. The predicted molar refractivity (Wildman–Crippen MR) is 131 cm³/mol. The van der Waals surface area contributed by atoms with Gasteiger partial charge >= 0.3 is 0 Å². The van der Waals surface area contributed by atoms with Gasteiger partial charge in [-0.15, -0.1) is 0 Å². The smallest absolute Gasteiger partial charge is 0.133 e. The van der Waals surface area contributed by atoms with E-state index in [-0.39, 0.29) is 0 Å². The van der Waals surface area contributed by atoms with Crippen LogP contribution in [0.15, 0.2) is 24.3 Å². The van der Waals surface area contributed by atoms with Gasteiger partial charge in [-0.05, 0) is 147 Å². The van der Waals surface area contributed by atoms with Gasteiger partial charge in [0, 0.05) is 7.14 Å². The Hall–Kier alpha value is 0.960. The zero-order chi connectivity index (χ0) is 17.6. The molecule has 2 nitrogen and oxygen atoms in total. The molecule has 23 heavy (non-hydrogen) atoms. The normalized spacial score (nSPS) is 9.91. The van der Waals surface area contributed by atoms with Gasteiger partial charge in [-0.3, -0.25) is 0 Å². The molecule has 0 aliphatic heterocycles. The highest BCUT2D eigenvalue weighted by atomic mass is 127. The van der Waals surface area contributed by atoms with Crippen molar-refractivity contribution < 1.29 is 9.47 Å². The number of benzene rings is 2. The van der Waals surface area contributed by atoms with Crippen LogP contribution in [-0.2, 0) is 0 Å². The summed E-state index contributed by atoms with van der Waals surface area (Å²) in [7, 11) is 1.70. The van der Waals surface area contributed by atoms with Gasteiger partial charge in [0.15, 0.2) is 0 Å². The number of methoxy groups -OCH3 is 1. The number of hydrogen-bond donors (Lipinski definition) is 0. The second-order valence-corrected chi connectivity index (χ2v) is 9.35. The van der Waals surface area contributed by atoms with Crippen molar-refractivity contribution in [2.24, 2.45) is 0 Å². The minimum atomic E-state index is 0.731. The molecule has 0 radical (unpaired) electrons. The summed E-state index contributed by atoms with van der Waals surface area (Å²) in [4.78, 5) is 0. The Kier molecular flexibility index (Phi) is 10.4. The van der Waals surface area contributed by atoms with Crippen molar-refractivity contribution in [3.05, 3.63) is 49.7 Å². The maximum Gasteiger partial charge on any atom is 0.133 e. The lowest BCUT2D eigenvalue weighted by Gasteiger charge is -2.07. The van der Waals surface area contributed by atoms with E-state index in [1.807, 2.05) is 6.92 Å². The van der Waals surface area contributed by atoms with Gasteiger partial charge in [0.1, 0.15) is 11.5 Å². The summed E-state index contributed by atoms with van der Waals surface area (Å²) >= 11 is 9.20. The third-order valence-electron chi connectivity index (χ3n) is 2.95. The summed E-state index contributed by atoms with van der Waals surface area (Å²) in [5.74, 6) is 1.95. The monoisotopic (exact) mass is 762 g/mol. The summed E-state index contributed by atoms with van der Waals surface area (Å²) in [6, 6.07) is 8.41. The lowest BCUT2D eigenvalue weighted by Crippen LogP contribution is -1.95. The summed E-state index contributed by atoms with van der Waals surface area (Å²) in [6.07, 6.45) is 0. The number of hydrogen-bond acceptors (Lipinski definition) is 2. The molecule has 0 heterocycles. The third kappa shape index (κ3) is 7.00. The molecule has 2 rings (SSSR count). The van der Waals surface area contributed by atoms with Crippen molar-refractivity contribution in [3.63, 3.8) is 0 Å². The Morgan fingerprint density at radius 3 is 1.61 bits per heavy atom. The lowest BCUT2D eigenvalue weighted by molar-refractivity contribution is 0.337. The Morgan fingerprint density at radius 2 is 1.17 bits per heavy atom. The van der Waals surface area contributed by atoms with Gasteiger partial charge in [0.2, 0.25) is 0 Å². The van der Waals surface area contributed by atoms with Gasteiger partial charge in [0.25, 0.3) is 0 Å². The highest BCUT2D eigenvalue weighted by molar-refractivity contribution is 14.1. The number of rotatable bonds is 3. The molecule has 0 saturated carbocycles. The van der Waals surface area contributed by atoms with E-state index in [0.29, 0.717) is 0 Å². The molecule has 0 unspecified atom stereocenters. The molecule has 2 aromatic rings. The van der Waals surface area contributed by atoms with E-state index in [1.54, 1.807) is 7.11 Å². The standard InChI is InChI=1S/C9H10I2O.C8H8I2O/c1-3-12-9-5-7(10)6(2)4-8(9)11;1-5-3-7(10)8(11-2)4-6(5)9/h4-5H,3H2,1-2H3;3-4H,1-2H3. The highest BCUT2D eigenvalue weighted by Crippen LogP contribution is 2.26. The van der Waals surface area contributed by atoms with E-state index < -0.39 is 0 Å². The molecular weight excluding hydrogens is 744 g/mol. The quantitative estimate of drug-likeness (QED) is 0.320. The number of ether oxygens (including phenoxy) is 2. The summed E-state index contributed by atoms with van der Waals surface area (Å²) in [6.45, 7) is 6.95. The van der Waals surface area contributed by atoms with Gasteiger partial charge < -0.3 is 9.47 Å². The van der Waals surface area contributed by atoms with Gasteiger partial charge in [-0.25, -0.2) is 0 Å². The summed E-state index contributed by atoms with van der Waals surface area (Å²) in [5, 5.41) is 0. The van der Waals surface area contributed by atoms with E-state index >= 15 is 0 Å². The molecular formula is C17H18I4O2. The Bertz CT molecular complexity index is 672. The van der Waals surface area contributed by atoms with Crippen molar-refractivity contribution in [2.75, 3.05) is 13.7 Å². The van der Waals surface area contributed by atoms with Crippen LogP contribution in [0.2, 0.25) is 0 Å². The average Bonchev–Trinajstić information content (AvgIpc) is 2.49. The predicted octanol–water partition coefficient (Wildman–Crippen LogP) is 6.82. The molecule has 126 valence electrons. The number of halogens is 4. The number of aryl methyl sites for hydroxylation is 2. The van der Waals surface area contributed by atoms with Crippen LogP contribution in [0.25, 0.3) is 0 Å².